The van der Waals surface area contributed by atoms with E-state index in [9.17, 15) is 0 Å². The number of aliphatic hydroxyl groups excluding tert-OH is 1. The topological polar surface area (TPSA) is 32.7 Å². The summed E-state index contributed by atoms with van der Waals surface area (Å²) < 4.78 is 5.73. The Labute approximate surface area is 120 Å². The van der Waals surface area contributed by atoms with Crippen LogP contribution in [-0.4, -0.2) is 42.4 Å². The molecule has 1 N–H and O–H groups in total. The average molecular weight is 284 g/mol. The molecule has 0 aliphatic carbocycles. The Morgan fingerprint density at radius 2 is 2.05 bits per heavy atom. The Bertz CT molecular complexity index is 367. The Balaban J connectivity index is 1.75. The van der Waals surface area contributed by atoms with Crippen molar-refractivity contribution in [1.82, 2.24) is 4.90 Å². The number of rotatable bonds is 6. The van der Waals surface area contributed by atoms with Crippen LogP contribution in [0, 0.1) is 0 Å². The van der Waals surface area contributed by atoms with E-state index in [1.807, 2.05) is 24.3 Å². The fourth-order valence-corrected chi connectivity index (χ4v) is 2.77. The largest absolute Gasteiger partial charge is 0.492 e. The summed E-state index contributed by atoms with van der Waals surface area (Å²) in [5, 5.41) is 9.82. The molecular weight excluding hydrogens is 262 g/mol. The van der Waals surface area contributed by atoms with Gasteiger partial charge in [0.05, 0.1) is 0 Å². The molecule has 1 saturated heterocycles. The number of halogens is 1. The summed E-state index contributed by atoms with van der Waals surface area (Å²) in [6, 6.07) is 7.99. The van der Waals surface area contributed by atoms with Crippen LogP contribution in [0.2, 0.25) is 5.02 Å². The van der Waals surface area contributed by atoms with Gasteiger partial charge in [0.15, 0.2) is 0 Å². The second-order valence-corrected chi connectivity index (χ2v) is 5.44. The van der Waals surface area contributed by atoms with Crippen molar-refractivity contribution in [2.24, 2.45) is 0 Å². The number of piperidine rings is 1. The van der Waals surface area contributed by atoms with E-state index in [4.69, 9.17) is 21.4 Å². The molecule has 1 aliphatic heterocycles. The van der Waals surface area contributed by atoms with Crippen molar-refractivity contribution in [3.8, 4) is 5.75 Å². The lowest BCUT2D eigenvalue weighted by atomic mass is 10.00. The summed E-state index contributed by atoms with van der Waals surface area (Å²) in [7, 11) is 0. The zero-order valence-corrected chi connectivity index (χ0v) is 12.0. The van der Waals surface area contributed by atoms with Gasteiger partial charge in [0.1, 0.15) is 12.4 Å². The van der Waals surface area contributed by atoms with E-state index in [0.29, 0.717) is 12.6 Å². The molecule has 3 nitrogen and oxygen atoms in total. The molecule has 1 aromatic rings. The highest BCUT2D eigenvalue weighted by Crippen LogP contribution is 2.20. The minimum absolute atomic E-state index is 0.277. The van der Waals surface area contributed by atoms with Crippen molar-refractivity contribution in [3.63, 3.8) is 0 Å². The number of hydrogen-bond acceptors (Lipinski definition) is 3. The second kappa shape index (κ2) is 7.73. The predicted octanol–water partition coefficient (Wildman–Crippen LogP) is 2.96. The molecule has 1 heterocycles. The number of likely N-dealkylation sites (tertiary alicyclic amines) is 1. The minimum atomic E-state index is 0.277. The van der Waals surface area contributed by atoms with Gasteiger partial charge in [0.2, 0.25) is 0 Å². The maximum Gasteiger partial charge on any atom is 0.119 e. The zero-order valence-electron chi connectivity index (χ0n) is 11.2. The number of hydrogen-bond donors (Lipinski definition) is 1. The summed E-state index contributed by atoms with van der Waals surface area (Å²) in [6.45, 7) is 3.00. The summed E-state index contributed by atoms with van der Waals surface area (Å²) in [5.74, 6) is 0.861. The van der Waals surface area contributed by atoms with Crippen molar-refractivity contribution in [3.05, 3.63) is 29.3 Å². The van der Waals surface area contributed by atoms with Crippen molar-refractivity contribution < 1.29 is 9.84 Å². The predicted molar refractivity (Wildman–Crippen MR) is 77.9 cm³/mol. The quantitative estimate of drug-likeness (QED) is 0.871. The van der Waals surface area contributed by atoms with E-state index in [1.165, 1.54) is 19.3 Å². The Kier molecular flexibility index (Phi) is 5.95. The van der Waals surface area contributed by atoms with Crippen LogP contribution in [0.5, 0.6) is 5.75 Å². The minimum Gasteiger partial charge on any atom is -0.492 e. The van der Waals surface area contributed by atoms with Gasteiger partial charge in [-0.15, -0.1) is 0 Å². The van der Waals surface area contributed by atoms with Crippen LogP contribution in [-0.2, 0) is 0 Å². The molecule has 0 bridgehead atoms. The molecule has 1 atom stereocenters. The third-order valence-electron chi connectivity index (χ3n) is 3.67. The highest BCUT2D eigenvalue weighted by molar-refractivity contribution is 6.30. The van der Waals surface area contributed by atoms with Crippen molar-refractivity contribution >= 4 is 11.6 Å². The van der Waals surface area contributed by atoms with Crippen molar-refractivity contribution in [1.29, 1.82) is 0 Å². The molecule has 19 heavy (non-hydrogen) atoms. The van der Waals surface area contributed by atoms with Crippen molar-refractivity contribution in [2.75, 3.05) is 26.3 Å². The Morgan fingerprint density at radius 3 is 2.79 bits per heavy atom. The van der Waals surface area contributed by atoms with E-state index < -0.39 is 0 Å². The number of benzene rings is 1. The molecule has 0 amide bonds. The van der Waals surface area contributed by atoms with Crippen LogP contribution in [0.1, 0.15) is 25.7 Å². The number of aliphatic hydroxyl groups is 1. The normalized spacial score (nSPS) is 20.4. The molecule has 1 aromatic carbocycles. The fraction of sp³-hybridized carbons (Fsp3) is 0.600. The molecule has 1 unspecified atom stereocenters. The first-order valence-corrected chi connectivity index (χ1v) is 7.40. The molecule has 0 aromatic heterocycles. The summed E-state index contributed by atoms with van der Waals surface area (Å²) >= 11 is 5.83. The molecule has 106 valence electrons. The van der Waals surface area contributed by atoms with Gasteiger partial charge in [-0.05, 0) is 50.1 Å². The lowest BCUT2D eigenvalue weighted by Crippen LogP contribution is -2.42. The SMILES string of the molecule is OCCC1CCCCN1CCOc1ccc(Cl)cc1. The first kappa shape index (κ1) is 14.6. The first-order chi connectivity index (χ1) is 9.29. The molecule has 0 radical (unpaired) electrons. The van der Waals surface area contributed by atoms with E-state index in [2.05, 4.69) is 4.90 Å². The lowest BCUT2D eigenvalue weighted by molar-refractivity contribution is 0.102. The van der Waals surface area contributed by atoms with Crippen LogP contribution >= 0.6 is 11.6 Å². The summed E-state index contributed by atoms with van der Waals surface area (Å²) in [6.07, 6.45) is 4.60. The van der Waals surface area contributed by atoms with Gasteiger partial charge in [-0.1, -0.05) is 18.0 Å². The second-order valence-electron chi connectivity index (χ2n) is 5.00. The molecule has 0 spiro atoms. The summed E-state index contributed by atoms with van der Waals surface area (Å²) in [4.78, 5) is 2.44. The van der Waals surface area contributed by atoms with Gasteiger partial charge >= 0.3 is 0 Å². The average Bonchev–Trinajstić information content (AvgIpc) is 2.43. The third kappa shape index (κ3) is 4.68. The van der Waals surface area contributed by atoms with Gasteiger partial charge in [0, 0.05) is 24.2 Å². The van der Waals surface area contributed by atoms with Crippen LogP contribution in [0.3, 0.4) is 0 Å². The van der Waals surface area contributed by atoms with E-state index in [0.717, 1.165) is 30.3 Å². The zero-order chi connectivity index (χ0) is 13.5. The van der Waals surface area contributed by atoms with Gasteiger partial charge in [-0.2, -0.15) is 0 Å². The lowest BCUT2D eigenvalue weighted by Gasteiger charge is -2.35. The van der Waals surface area contributed by atoms with Gasteiger partial charge < -0.3 is 9.84 Å². The van der Waals surface area contributed by atoms with Crippen LogP contribution < -0.4 is 4.74 Å². The standard InChI is InChI=1S/C15H22ClNO2/c16-13-4-6-15(7-5-13)19-12-10-17-9-2-1-3-14(17)8-11-18/h4-7,14,18H,1-3,8-12H2. The molecule has 1 aliphatic rings. The highest BCUT2D eigenvalue weighted by Gasteiger charge is 2.21. The number of ether oxygens (including phenoxy) is 1. The fourth-order valence-electron chi connectivity index (χ4n) is 2.64. The van der Waals surface area contributed by atoms with Crippen molar-refractivity contribution in [2.45, 2.75) is 31.7 Å². The maximum atomic E-state index is 9.10. The van der Waals surface area contributed by atoms with E-state index in [-0.39, 0.29) is 6.61 Å². The first-order valence-electron chi connectivity index (χ1n) is 7.03. The maximum absolute atomic E-state index is 9.10. The van der Waals surface area contributed by atoms with E-state index >= 15 is 0 Å². The molecular formula is C15H22ClNO2. The van der Waals surface area contributed by atoms with Crippen LogP contribution in [0.25, 0.3) is 0 Å². The van der Waals surface area contributed by atoms with Crippen LogP contribution in [0.4, 0.5) is 0 Å². The molecule has 1 fully saturated rings. The van der Waals surface area contributed by atoms with Gasteiger partial charge in [-0.25, -0.2) is 0 Å². The molecule has 0 saturated carbocycles. The van der Waals surface area contributed by atoms with Gasteiger partial charge in [-0.3, -0.25) is 4.90 Å². The van der Waals surface area contributed by atoms with E-state index in [1.54, 1.807) is 0 Å². The summed E-state index contributed by atoms with van der Waals surface area (Å²) in [5.41, 5.74) is 0. The van der Waals surface area contributed by atoms with Crippen LogP contribution in [0.15, 0.2) is 24.3 Å². The highest BCUT2D eigenvalue weighted by atomic mass is 35.5. The third-order valence-corrected chi connectivity index (χ3v) is 3.92. The molecule has 2 rings (SSSR count). The monoisotopic (exact) mass is 283 g/mol. The smallest absolute Gasteiger partial charge is 0.119 e. The number of nitrogens with zero attached hydrogens (tertiary/aromatic N) is 1. The molecule has 4 heteroatoms. The Morgan fingerprint density at radius 1 is 1.26 bits per heavy atom. The Hall–Kier alpha value is -0.770. The van der Waals surface area contributed by atoms with Gasteiger partial charge in [0.25, 0.3) is 0 Å².